The summed E-state index contributed by atoms with van der Waals surface area (Å²) in [4.78, 5) is 23.4. The molecule has 1 amide bonds. The number of aryl methyl sites for hydroxylation is 3. The normalized spacial score (nSPS) is 11.1. The lowest BCUT2D eigenvalue weighted by atomic mass is 10.1. The van der Waals surface area contributed by atoms with Gasteiger partial charge in [0, 0.05) is 11.9 Å². The van der Waals surface area contributed by atoms with E-state index < -0.39 is 0 Å². The highest BCUT2D eigenvalue weighted by molar-refractivity contribution is 7.20. The highest BCUT2D eigenvalue weighted by Crippen LogP contribution is 2.32. The van der Waals surface area contributed by atoms with Crippen molar-refractivity contribution in [1.29, 1.82) is 0 Å². The first kappa shape index (κ1) is 18.4. The standard InChI is InChI=1S/C22H21N3O2S/c1-13-7-4-5-8-16(13)10-11-23-21(26)19-14(2)18-15(3)24-20(25-22(18)28-19)17-9-6-12-27-17/h4-9,12H,10-11H2,1-3H3,(H,23,26). The van der Waals surface area contributed by atoms with Crippen molar-refractivity contribution in [3.63, 3.8) is 0 Å². The molecule has 28 heavy (non-hydrogen) atoms. The fraction of sp³-hybridized carbons (Fsp3) is 0.227. The van der Waals surface area contributed by atoms with Gasteiger partial charge < -0.3 is 9.73 Å². The molecule has 0 aliphatic rings. The number of hydrogen-bond acceptors (Lipinski definition) is 5. The third kappa shape index (κ3) is 3.43. The first-order valence-electron chi connectivity index (χ1n) is 9.19. The molecule has 0 spiro atoms. The Morgan fingerprint density at radius 3 is 2.68 bits per heavy atom. The predicted molar refractivity (Wildman–Crippen MR) is 112 cm³/mol. The summed E-state index contributed by atoms with van der Waals surface area (Å²) >= 11 is 1.40. The Bertz CT molecular complexity index is 1150. The average molecular weight is 391 g/mol. The Kier molecular flexibility index (Phi) is 4.96. The number of hydrogen-bond donors (Lipinski definition) is 1. The van der Waals surface area contributed by atoms with Crippen molar-refractivity contribution in [3.8, 4) is 11.6 Å². The number of amides is 1. The molecule has 0 bridgehead atoms. The van der Waals surface area contributed by atoms with Crippen LogP contribution >= 0.6 is 11.3 Å². The van der Waals surface area contributed by atoms with Crippen LogP contribution in [0.15, 0.2) is 47.1 Å². The van der Waals surface area contributed by atoms with Crippen LogP contribution in [-0.4, -0.2) is 22.4 Å². The molecule has 3 heterocycles. The maximum Gasteiger partial charge on any atom is 0.261 e. The van der Waals surface area contributed by atoms with Crippen LogP contribution in [0.3, 0.4) is 0 Å². The van der Waals surface area contributed by atoms with Crippen LogP contribution < -0.4 is 5.32 Å². The van der Waals surface area contributed by atoms with Gasteiger partial charge in [0.1, 0.15) is 4.83 Å². The maximum absolute atomic E-state index is 12.8. The molecule has 0 radical (unpaired) electrons. The number of fused-ring (bicyclic) bond motifs is 1. The smallest absolute Gasteiger partial charge is 0.261 e. The minimum atomic E-state index is -0.0620. The zero-order chi connectivity index (χ0) is 19.7. The summed E-state index contributed by atoms with van der Waals surface area (Å²) in [6.07, 6.45) is 2.41. The van der Waals surface area contributed by atoms with Crippen molar-refractivity contribution in [2.45, 2.75) is 27.2 Å². The number of thiophene rings is 1. The van der Waals surface area contributed by atoms with E-state index >= 15 is 0 Å². The third-order valence-corrected chi connectivity index (χ3v) is 6.04. The van der Waals surface area contributed by atoms with Crippen LogP contribution in [-0.2, 0) is 6.42 Å². The van der Waals surface area contributed by atoms with E-state index in [9.17, 15) is 4.79 Å². The molecule has 142 valence electrons. The van der Waals surface area contributed by atoms with E-state index in [4.69, 9.17) is 4.42 Å². The number of benzene rings is 1. The molecule has 0 aliphatic heterocycles. The Balaban J connectivity index is 1.56. The minimum absolute atomic E-state index is 0.0620. The topological polar surface area (TPSA) is 68.0 Å². The van der Waals surface area contributed by atoms with Gasteiger partial charge in [-0.15, -0.1) is 11.3 Å². The summed E-state index contributed by atoms with van der Waals surface area (Å²) in [5.74, 6) is 1.11. The quantitative estimate of drug-likeness (QED) is 0.528. The van der Waals surface area contributed by atoms with Crippen molar-refractivity contribution < 1.29 is 9.21 Å². The monoisotopic (exact) mass is 391 g/mol. The van der Waals surface area contributed by atoms with Gasteiger partial charge in [0.15, 0.2) is 11.6 Å². The zero-order valence-corrected chi connectivity index (χ0v) is 16.9. The first-order valence-corrected chi connectivity index (χ1v) is 10.0. The second-order valence-corrected chi connectivity index (χ2v) is 7.78. The van der Waals surface area contributed by atoms with Gasteiger partial charge in [0.25, 0.3) is 5.91 Å². The van der Waals surface area contributed by atoms with Gasteiger partial charge in [-0.25, -0.2) is 9.97 Å². The molecule has 0 unspecified atom stereocenters. The van der Waals surface area contributed by atoms with Crippen LogP contribution in [0, 0.1) is 20.8 Å². The summed E-state index contributed by atoms with van der Waals surface area (Å²) in [5, 5.41) is 3.99. The Morgan fingerprint density at radius 1 is 1.11 bits per heavy atom. The Morgan fingerprint density at radius 2 is 1.93 bits per heavy atom. The molecule has 4 aromatic rings. The van der Waals surface area contributed by atoms with Gasteiger partial charge in [0.2, 0.25) is 0 Å². The van der Waals surface area contributed by atoms with Crippen LogP contribution in [0.4, 0.5) is 0 Å². The van der Waals surface area contributed by atoms with Gasteiger partial charge in [0.05, 0.1) is 16.8 Å². The van der Waals surface area contributed by atoms with E-state index in [2.05, 4.69) is 34.3 Å². The third-order valence-electron chi connectivity index (χ3n) is 4.86. The highest BCUT2D eigenvalue weighted by Gasteiger charge is 2.20. The van der Waals surface area contributed by atoms with E-state index in [0.29, 0.717) is 23.0 Å². The van der Waals surface area contributed by atoms with Crippen molar-refractivity contribution >= 4 is 27.5 Å². The van der Waals surface area contributed by atoms with E-state index in [-0.39, 0.29) is 5.91 Å². The Labute approximate surface area is 167 Å². The number of aromatic nitrogens is 2. The summed E-state index contributed by atoms with van der Waals surface area (Å²) in [6.45, 7) is 6.58. The summed E-state index contributed by atoms with van der Waals surface area (Å²) < 4.78 is 5.41. The van der Waals surface area contributed by atoms with E-state index in [0.717, 1.165) is 27.9 Å². The molecule has 0 saturated carbocycles. The second-order valence-electron chi connectivity index (χ2n) is 6.78. The van der Waals surface area contributed by atoms with Crippen LogP contribution in [0.2, 0.25) is 0 Å². The number of carbonyl (C=O) groups excluding carboxylic acids is 1. The van der Waals surface area contributed by atoms with Crippen molar-refractivity contribution in [2.75, 3.05) is 6.54 Å². The van der Waals surface area contributed by atoms with E-state index in [1.54, 1.807) is 6.26 Å². The molecular weight excluding hydrogens is 370 g/mol. The SMILES string of the molecule is Cc1ccccc1CCNC(=O)c1sc2nc(-c3ccco3)nc(C)c2c1C. The first-order chi connectivity index (χ1) is 13.5. The molecule has 3 aromatic heterocycles. The van der Waals surface area contributed by atoms with Gasteiger partial charge >= 0.3 is 0 Å². The molecule has 4 rings (SSSR count). The number of furan rings is 1. The average Bonchev–Trinajstić information content (AvgIpc) is 3.32. The van der Waals surface area contributed by atoms with Crippen molar-refractivity contribution in [3.05, 3.63) is 69.9 Å². The van der Waals surface area contributed by atoms with Gasteiger partial charge in [-0.2, -0.15) is 0 Å². The fourth-order valence-corrected chi connectivity index (χ4v) is 4.50. The molecule has 1 aromatic carbocycles. The number of nitrogens with one attached hydrogen (secondary N) is 1. The van der Waals surface area contributed by atoms with E-state index in [1.165, 1.54) is 22.5 Å². The number of carbonyl (C=O) groups is 1. The maximum atomic E-state index is 12.8. The van der Waals surface area contributed by atoms with Gasteiger partial charge in [-0.1, -0.05) is 24.3 Å². The zero-order valence-electron chi connectivity index (χ0n) is 16.1. The van der Waals surface area contributed by atoms with Crippen molar-refractivity contribution in [1.82, 2.24) is 15.3 Å². The van der Waals surface area contributed by atoms with Gasteiger partial charge in [-0.05, 0) is 56.0 Å². The highest BCUT2D eigenvalue weighted by atomic mass is 32.1. The largest absolute Gasteiger partial charge is 0.461 e. The molecule has 0 atom stereocenters. The predicted octanol–water partition coefficient (Wildman–Crippen LogP) is 4.85. The second kappa shape index (κ2) is 7.56. The molecule has 5 nitrogen and oxygen atoms in total. The summed E-state index contributed by atoms with van der Waals surface area (Å²) in [5.41, 5.74) is 4.27. The Hall–Kier alpha value is -2.99. The molecule has 0 aliphatic carbocycles. The van der Waals surface area contributed by atoms with Crippen LogP contribution in [0.1, 0.15) is 32.1 Å². The van der Waals surface area contributed by atoms with E-state index in [1.807, 2.05) is 38.1 Å². The minimum Gasteiger partial charge on any atom is -0.461 e. The summed E-state index contributed by atoms with van der Waals surface area (Å²) in [7, 11) is 0. The van der Waals surface area contributed by atoms with Gasteiger partial charge in [-0.3, -0.25) is 4.79 Å². The fourth-order valence-electron chi connectivity index (χ4n) is 3.35. The molecule has 1 N–H and O–H groups in total. The van der Waals surface area contributed by atoms with Crippen LogP contribution in [0.25, 0.3) is 21.8 Å². The summed E-state index contributed by atoms with van der Waals surface area (Å²) in [6, 6.07) is 11.9. The lowest BCUT2D eigenvalue weighted by Crippen LogP contribution is -2.25. The lowest BCUT2D eigenvalue weighted by molar-refractivity contribution is 0.0957. The number of nitrogens with zero attached hydrogens (tertiary/aromatic N) is 2. The van der Waals surface area contributed by atoms with Crippen LogP contribution in [0.5, 0.6) is 0 Å². The number of rotatable bonds is 5. The van der Waals surface area contributed by atoms with Crippen molar-refractivity contribution in [2.24, 2.45) is 0 Å². The molecular formula is C22H21N3O2S. The molecule has 0 saturated heterocycles. The lowest BCUT2D eigenvalue weighted by Gasteiger charge is -2.07. The molecule has 0 fully saturated rings. The molecule has 6 heteroatoms.